The van der Waals surface area contributed by atoms with Gasteiger partial charge in [-0.1, -0.05) is 24.8 Å². The molecule has 3 nitrogen and oxygen atoms in total. The molecule has 2 amide bonds. The quantitative estimate of drug-likeness (QED) is 0.471. The van der Waals surface area contributed by atoms with Gasteiger partial charge in [-0.3, -0.25) is 14.9 Å². The Kier molecular flexibility index (Phi) is 1.65. The van der Waals surface area contributed by atoms with E-state index in [0.29, 0.717) is 5.57 Å². The molecular weight excluding hydrogens is 166 g/mol. The Balaban J connectivity index is 2.33. The number of allylic oxidation sites excluding steroid dienone is 3. The van der Waals surface area contributed by atoms with Crippen LogP contribution in [0.5, 0.6) is 0 Å². The Morgan fingerprint density at radius 2 is 2.23 bits per heavy atom. The van der Waals surface area contributed by atoms with Gasteiger partial charge in [0.25, 0.3) is 5.91 Å². The molecule has 0 bridgehead atoms. The summed E-state index contributed by atoms with van der Waals surface area (Å²) >= 11 is 0. The van der Waals surface area contributed by atoms with E-state index in [9.17, 15) is 9.59 Å². The molecule has 1 heterocycles. The number of hydrogen-bond donors (Lipinski definition) is 1. The zero-order valence-corrected chi connectivity index (χ0v) is 7.04. The van der Waals surface area contributed by atoms with Crippen LogP contribution in [0, 0.1) is 5.92 Å². The monoisotopic (exact) mass is 175 g/mol. The molecule has 0 spiro atoms. The molecule has 0 aromatic rings. The lowest BCUT2D eigenvalue weighted by atomic mass is 9.95. The molecule has 1 aliphatic carbocycles. The van der Waals surface area contributed by atoms with Crippen molar-refractivity contribution in [3.05, 3.63) is 36.0 Å². The molecule has 1 saturated heterocycles. The summed E-state index contributed by atoms with van der Waals surface area (Å²) in [5.74, 6) is -1.06. The Bertz CT molecular complexity index is 363. The van der Waals surface area contributed by atoms with Gasteiger partial charge in [0.1, 0.15) is 0 Å². The van der Waals surface area contributed by atoms with E-state index in [2.05, 4.69) is 11.9 Å². The first-order valence-electron chi connectivity index (χ1n) is 4.11. The third kappa shape index (κ3) is 1.13. The number of rotatable bonds is 1. The lowest BCUT2D eigenvalue weighted by Gasteiger charge is -2.05. The topological polar surface area (TPSA) is 46.2 Å². The maximum absolute atomic E-state index is 11.3. The average Bonchev–Trinajstić information content (AvgIpc) is 2.63. The maximum Gasteiger partial charge on any atom is 0.254 e. The molecule has 1 N–H and O–H groups in total. The molecule has 0 aromatic heterocycles. The summed E-state index contributed by atoms with van der Waals surface area (Å²) in [7, 11) is 0. The second kappa shape index (κ2) is 2.69. The van der Waals surface area contributed by atoms with Gasteiger partial charge >= 0.3 is 0 Å². The van der Waals surface area contributed by atoms with Gasteiger partial charge in [0.15, 0.2) is 0 Å². The second-order valence-electron chi connectivity index (χ2n) is 3.12. The Morgan fingerprint density at radius 1 is 1.46 bits per heavy atom. The minimum absolute atomic E-state index is 0.257. The zero-order chi connectivity index (χ0) is 9.42. The van der Waals surface area contributed by atoms with E-state index < -0.39 is 5.92 Å². The van der Waals surface area contributed by atoms with Crippen LogP contribution in [0.2, 0.25) is 0 Å². The van der Waals surface area contributed by atoms with Crippen molar-refractivity contribution in [2.75, 3.05) is 0 Å². The average molecular weight is 175 g/mol. The first kappa shape index (κ1) is 7.98. The number of hydrogen-bond acceptors (Lipinski definition) is 2. The molecule has 3 heteroatoms. The number of carbonyl (C=O) groups is 2. The fourth-order valence-corrected chi connectivity index (χ4v) is 1.60. The number of amides is 2. The van der Waals surface area contributed by atoms with Gasteiger partial charge in [-0.15, -0.1) is 0 Å². The predicted molar refractivity (Wildman–Crippen MR) is 47.6 cm³/mol. The van der Waals surface area contributed by atoms with E-state index >= 15 is 0 Å². The SMILES string of the molecule is C=C1C(=O)NC(=O)C1C1=CCC=C1. The van der Waals surface area contributed by atoms with Crippen LogP contribution in [-0.2, 0) is 9.59 Å². The Labute approximate surface area is 75.8 Å². The van der Waals surface area contributed by atoms with Crippen LogP contribution in [-0.4, -0.2) is 11.8 Å². The van der Waals surface area contributed by atoms with E-state index in [1.807, 2.05) is 18.2 Å². The van der Waals surface area contributed by atoms with Crippen molar-refractivity contribution in [1.82, 2.24) is 5.32 Å². The summed E-state index contributed by atoms with van der Waals surface area (Å²) in [4.78, 5) is 22.4. The number of nitrogens with one attached hydrogen (secondary N) is 1. The Morgan fingerprint density at radius 3 is 2.69 bits per heavy atom. The fraction of sp³-hybridized carbons (Fsp3) is 0.200. The molecule has 1 aliphatic heterocycles. The summed E-state index contributed by atoms with van der Waals surface area (Å²) in [6, 6.07) is 0. The molecule has 1 fully saturated rings. The summed E-state index contributed by atoms with van der Waals surface area (Å²) in [5, 5.41) is 2.24. The van der Waals surface area contributed by atoms with Crippen LogP contribution in [0.3, 0.4) is 0 Å². The third-order valence-corrected chi connectivity index (χ3v) is 2.27. The van der Waals surface area contributed by atoms with E-state index in [1.165, 1.54) is 0 Å². The van der Waals surface area contributed by atoms with Gasteiger partial charge in [0.2, 0.25) is 5.91 Å². The van der Waals surface area contributed by atoms with E-state index in [4.69, 9.17) is 0 Å². The van der Waals surface area contributed by atoms with Gasteiger partial charge in [-0.05, 0) is 12.0 Å². The van der Waals surface area contributed by atoms with E-state index in [1.54, 1.807) is 0 Å². The van der Waals surface area contributed by atoms with Gasteiger partial charge in [-0.2, -0.15) is 0 Å². The third-order valence-electron chi connectivity index (χ3n) is 2.27. The molecule has 0 saturated carbocycles. The minimum atomic E-state index is -0.453. The lowest BCUT2D eigenvalue weighted by molar-refractivity contribution is -0.125. The molecule has 0 aromatic carbocycles. The predicted octanol–water partition coefficient (Wildman–Crippen LogP) is 0.702. The molecular formula is C10H9NO2. The first-order chi connectivity index (χ1) is 6.20. The second-order valence-corrected chi connectivity index (χ2v) is 3.12. The fourth-order valence-electron chi connectivity index (χ4n) is 1.60. The summed E-state index contributed by atoms with van der Waals surface area (Å²) in [6.07, 6.45) is 6.60. The highest BCUT2D eigenvalue weighted by molar-refractivity contribution is 6.16. The summed E-state index contributed by atoms with van der Waals surface area (Å²) in [6.45, 7) is 3.60. The molecule has 1 atom stereocenters. The van der Waals surface area contributed by atoms with Gasteiger partial charge in [0.05, 0.1) is 5.92 Å². The number of imide groups is 1. The van der Waals surface area contributed by atoms with Crippen LogP contribution in [0.15, 0.2) is 36.0 Å². The molecule has 13 heavy (non-hydrogen) atoms. The van der Waals surface area contributed by atoms with Gasteiger partial charge in [0, 0.05) is 5.57 Å². The largest absolute Gasteiger partial charge is 0.292 e. The Hall–Kier alpha value is -1.64. The number of carbonyl (C=O) groups excluding carboxylic acids is 2. The smallest absolute Gasteiger partial charge is 0.254 e. The normalized spacial score (nSPS) is 26.6. The highest BCUT2D eigenvalue weighted by atomic mass is 16.2. The van der Waals surface area contributed by atoms with Crippen LogP contribution >= 0.6 is 0 Å². The van der Waals surface area contributed by atoms with Crippen molar-refractivity contribution in [1.29, 1.82) is 0 Å². The molecule has 66 valence electrons. The molecule has 0 radical (unpaired) electrons. The highest BCUT2D eigenvalue weighted by Crippen LogP contribution is 2.28. The maximum atomic E-state index is 11.3. The van der Waals surface area contributed by atoms with Crippen molar-refractivity contribution in [2.45, 2.75) is 6.42 Å². The molecule has 2 rings (SSSR count). The minimum Gasteiger partial charge on any atom is -0.292 e. The zero-order valence-electron chi connectivity index (χ0n) is 7.04. The van der Waals surface area contributed by atoms with E-state index in [-0.39, 0.29) is 11.8 Å². The summed E-state index contributed by atoms with van der Waals surface area (Å²) < 4.78 is 0. The van der Waals surface area contributed by atoms with Crippen LogP contribution in [0.1, 0.15) is 6.42 Å². The van der Waals surface area contributed by atoms with E-state index in [0.717, 1.165) is 12.0 Å². The molecule has 1 unspecified atom stereocenters. The van der Waals surface area contributed by atoms with Gasteiger partial charge in [-0.25, -0.2) is 0 Å². The van der Waals surface area contributed by atoms with Gasteiger partial charge < -0.3 is 0 Å². The standard InChI is InChI=1S/C10H9NO2/c1-6-8(7-4-2-3-5-7)10(13)11-9(6)12/h2,4-5,8H,1,3H2,(H,11,12,13). The van der Waals surface area contributed by atoms with Crippen molar-refractivity contribution < 1.29 is 9.59 Å². The van der Waals surface area contributed by atoms with Crippen LogP contribution in [0.25, 0.3) is 0 Å². The summed E-state index contributed by atoms with van der Waals surface area (Å²) in [5.41, 5.74) is 1.23. The molecule has 2 aliphatic rings. The van der Waals surface area contributed by atoms with Crippen molar-refractivity contribution in [3.63, 3.8) is 0 Å². The lowest BCUT2D eigenvalue weighted by Crippen LogP contribution is -2.22. The van der Waals surface area contributed by atoms with Crippen molar-refractivity contribution in [3.8, 4) is 0 Å². The van der Waals surface area contributed by atoms with Crippen LogP contribution in [0.4, 0.5) is 0 Å². The first-order valence-corrected chi connectivity index (χ1v) is 4.11. The van der Waals surface area contributed by atoms with Crippen molar-refractivity contribution in [2.24, 2.45) is 5.92 Å². The van der Waals surface area contributed by atoms with Crippen molar-refractivity contribution >= 4 is 11.8 Å². The highest BCUT2D eigenvalue weighted by Gasteiger charge is 2.36. The van der Waals surface area contributed by atoms with Crippen LogP contribution < -0.4 is 5.32 Å².